The summed E-state index contributed by atoms with van der Waals surface area (Å²) in [5, 5.41) is 9.13. The van der Waals surface area contributed by atoms with Crippen molar-refractivity contribution in [3.8, 4) is 0 Å². The largest absolute Gasteiger partial charge is 0.481 e. The van der Waals surface area contributed by atoms with Crippen molar-refractivity contribution in [2.45, 2.75) is 13.3 Å². The second kappa shape index (κ2) is 6.01. The maximum Gasteiger partial charge on any atom is 0.307 e. The number of aliphatic carboxylic acids is 1. The average Bonchev–Trinajstić information content (AvgIpc) is 2.27. The van der Waals surface area contributed by atoms with Crippen LogP contribution in [0.25, 0.3) is 0 Å². The number of carboxylic acids is 1. The van der Waals surface area contributed by atoms with Gasteiger partial charge in [0.2, 0.25) is 0 Å². The van der Waals surface area contributed by atoms with Crippen molar-refractivity contribution >= 4 is 21.9 Å². The Balaban J connectivity index is 2.75. The number of carboxylic acid groups (broad SMARTS) is 1. The van der Waals surface area contributed by atoms with Crippen molar-refractivity contribution in [1.82, 2.24) is 0 Å². The highest BCUT2D eigenvalue weighted by Gasteiger charge is 2.23. The molecule has 0 saturated carbocycles. The summed E-state index contributed by atoms with van der Waals surface area (Å²) in [6.45, 7) is 2.27. The van der Waals surface area contributed by atoms with E-state index in [9.17, 15) is 4.79 Å². The SMILES string of the molecule is CC(CN)C(Cc1ccc(Br)cc1)C(=O)O. The molecule has 0 aromatic heterocycles. The molecule has 0 spiro atoms. The minimum Gasteiger partial charge on any atom is -0.481 e. The molecule has 0 heterocycles. The molecule has 0 saturated heterocycles. The van der Waals surface area contributed by atoms with Crippen molar-refractivity contribution in [3.63, 3.8) is 0 Å². The van der Waals surface area contributed by atoms with Gasteiger partial charge in [-0.15, -0.1) is 0 Å². The molecule has 1 rings (SSSR count). The lowest BCUT2D eigenvalue weighted by Gasteiger charge is -2.18. The van der Waals surface area contributed by atoms with Crippen molar-refractivity contribution in [2.24, 2.45) is 17.6 Å². The highest BCUT2D eigenvalue weighted by atomic mass is 79.9. The average molecular weight is 286 g/mol. The van der Waals surface area contributed by atoms with Crippen LogP contribution in [0.15, 0.2) is 28.7 Å². The zero-order valence-corrected chi connectivity index (χ0v) is 10.8. The molecule has 0 aliphatic heterocycles. The molecule has 1 aromatic carbocycles. The van der Waals surface area contributed by atoms with E-state index in [0.29, 0.717) is 13.0 Å². The van der Waals surface area contributed by atoms with Crippen LogP contribution in [0.1, 0.15) is 12.5 Å². The number of hydrogen-bond donors (Lipinski definition) is 2. The Kier molecular flexibility index (Phi) is 4.96. The first-order valence-electron chi connectivity index (χ1n) is 5.22. The number of halogens is 1. The molecule has 2 unspecified atom stereocenters. The predicted octanol–water partition coefficient (Wildman–Crippen LogP) is 2.29. The maximum atomic E-state index is 11.1. The van der Waals surface area contributed by atoms with E-state index in [0.717, 1.165) is 10.0 Å². The summed E-state index contributed by atoms with van der Waals surface area (Å²) in [7, 11) is 0. The van der Waals surface area contributed by atoms with Gasteiger partial charge in [-0.25, -0.2) is 0 Å². The van der Waals surface area contributed by atoms with Gasteiger partial charge in [0.1, 0.15) is 0 Å². The number of nitrogens with two attached hydrogens (primary N) is 1. The Morgan fingerprint density at radius 2 is 2.00 bits per heavy atom. The van der Waals surface area contributed by atoms with Gasteiger partial charge in [-0.2, -0.15) is 0 Å². The van der Waals surface area contributed by atoms with Crippen LogP contribution in [0, 0.1) is 11.8 Å². The van der Waals surface area contributed by atoms with Crippen LogP contribution in [-0.2, 0) is 11.2 Å². The van der Waals surface area contributed by atoms with Crippen LogP contribution >= 0.6 is 15.9 Å². The summed E-state index contributed by atoms with van der Waals surface area (Å²) in [6, 6.07) is 7.70. The predicted molar refractivity (Wildman–Crippen MR) is 67.2 cm³/mol. The van der Waals surface area contributed by atoms with Crippen LogP contribution in [0.5, 0.6) is 0 Å². The molecule has 0 radical (unpaired) electrons. The van der Waals surface area contributed by atoms with E-state index in [1.165, 1.54) is 0 Å². The molecule has 0 fully saturated rings. The second-order valence-electron chi connectivity index (χ2n) is 3.99. The Morgan fingerprint density at radius 1 is 1.44 bits per heavy atom. The zero-order valence-electron chi connectivity index (χ0n) is 9.19. The molecule has 16 heavy (non-hydrogen) atoms. The van der Waals surface area contributed by atoms with Crippen molar-refractivity contribution < 1.29 is 9.90 Å². The lowest BCUT2D eigenvalue weighted by Crippen LogP contribution is -2.29. The van der Waals surface area contributed by atoms with E-state index in [4.69, 9.17) is 10.8 Å². The first-order valence-corrected chi connectivity index (χ1v) is 6.01. The normalized spacial score (nSPS) is 14.4. The summed E-state index contributed by atoms with van der Waals surface area (Å²) in [6.07, 6.45) is 0.529. The molecule has 88 valence electrons. The summed E-state index contributed by atoms with van der Waals surface area (Å²) >= 11 is 3.35. The van der Waals surface area contributed by atoms with Gasteiger partial charge < -0.3 is 10.8 Å². The fraction of sp³-hybridized carbons (Fsp3) is 0.417. The second-order valence-corrected chi connectivity index (χ2v) is 4.90. The first kappa shape index (κ1) is 13.2. The third-order valence-corrected chi connectivity index (χ3v) is 3.27. The Hall–Kier alpha value is -0.870. The molecule has 0 amide bonds. The van der Waals surface area contributed by atoms with Gasteiger partial charge in [0.25, 0.3) is 0 Å². The van der Waals surface area contributed by atoms with Crippen LogP contribution < -0.4 is 5.73 Å². The quantitative estimate of drug-likeness (QED) is 0.873. The highest BCUT2D eigenvalue weighted by molar-refractivity contribution is 9.10. The number of hydrogen-bond acceptors (Lipinski definition) is 2. The Bertz CT molecular complexity index is 351. The number of carbonyl (C=O) groups is 1. The monoisotopic (exact) mass is 285 g/mol. The van der Waals surface area contributed by atoms with Crippen LogP contribution in [0.3, 0.4) is 0 Å². The molecule has 2 atom stereocenters. The van der Waals surface area contributed by atoms with Gasteiger partial charge in [0, 0.05) is 4.47 Å². The van der Waals surface area contributed by atoms with Gasteiger partial charge >= 0.3 is 5.97 Å². The molecule has 0 aliphatic carbocycles. The molecule has 4 heteroatoms. The standard InChI is InChI=1S/C12H16BrNO2/c1-8(7-14)11(12(15)16)6-9-2-4-10(13)5-3-9/h2-5,8,11H,6-7,14H2,1H3,(H,15,16). The molecular weight excluding hydrogens is 270 g/mol. The minimum atomic E-state index is -0.777. The van der Waals surface area contributed by atoms with Gasteiger partial charge in [0.15, 0.2) is 0 Å². The van der Waals surface area contributed by atoms with E-state index in [-0.39, 0.29) is 5.92 Å². The summed E-state index contributed by atoms with van der Waals surface area (Å²) in [5.74, 6) is -1.20. The van der Waals surface area contributed by atoms with Crippen LogP contribution in [0.2, 0.25) is 0 Å². The van der Waals surface area contributed by atoms with Crippen molar-refractivity contribution in [2.75, 3.05) is 6.54 Å². The summed E-state index contributed by atoms with van der Waals surface area (Å²) < 4.78 is 0.995. The lowest BCUT2D eigenvalue weighted by molar-refractivity contribution is -0.143. The van der Waals surface area contributed by atoms with Crippen molar-refractivity contribution in [1.29, 1.82) is 0 Å². The molecular formula is C12H16BrNO2. The van der Waals surface area contributed by atoms with Crippen LogP contribution in [0.4, 0.5) is 0 Å². The van der Waals surface area contributed by atoms with Crippen LogP contribution in [-0.4, -0.2) is 17.6 Å². The molecule has 0 bridgehead atoms. The molecule has 3 nitrogen and oxygen atoms in total. The van der Waals surface area contributed by atoms with E-state index in [2.05, 4.69) is 15.9 Å². The van der Waals surface area contributed by atoms with E-state index >= 15 is 0 Å². The first-order chi connectivity index (χ1) is 7.54. The molecule has 0 aliphatic rings. The van der Waals surface area contributed by atoms with E-state index in [1.54, 1.807) is 0 Å². The summed E-state index contributed by atoms with van der Waals surface area (Å²) in [5.41, 5.74) is 6.54. The van der Waals surface area contributed by atoms with Gasteiger partial charge in [-0.3, -0.25) is 4.79 Å². The fourth-order valence-corrected chi connectivity index (χ4v) is 1.83. The van der Waals surface area contributed by atoms with Gasteiger partial charge in [-0.1, -0.05) is 35.0 Å². The zero-order chi connectivity index (χ0) is 12.1. The Morgan fingerprint density at radius 3 is 2.44 bits per heavy atom. The number of benzene rings is 1. The minimum absolute atomic E-state index is 0.0128. The maximum absolute atomic E-state index is 11.1. The fourth-order valence-electron chi connectivity index (χ4n) is 1.57. The smallest absolute Gasteiger partial charge is 0.307 e. The molecule has 1 aromatic rings. The number of rotatable bonds is 5. The van der Waals surface area contributed by atoms with E-state index < -0.39 is 11.9 Å². The summed E-state index contributed by atoms with van der Waals surface area (Å²) in [4.78, 5) is 11.1. The topological polar surface area (TPSA) is 63.3 Å². The third-order valence-electron chi connectivity index (χ3n) is 2.74. The van der Waals surface area contributed by atoms with E-state index in [1.807, 2.05) is 31.2 Å². The highest BCUT2D eigenvalue weighted by Crippen LogP contribution is 2.19. The van der Waals surface area contributed by atoms with Crippen molar-refractivity contribution in [3.05, 3.63) is 34.3 Å². The third kappa shape index (κ3) is 3.61. The lowest BCUT2D eigenvalue weighted by atomic mass is 9.88. The molecule has 3 N–H and O–H groups in total. The Labute approximate surface area is 104 Å². The van der Waals surface area contributed by atoms with Gasteiger partial charge in [-0.05, 0) is 36.6 Å². The van der Waals surface area contributed by atoms with Gasteiger partial charge in [0.05, 0.1) is 5.92 Å².